The number of rotatable bonds is 7. The molecule has 0 saturated carbocycles. The van der Waals surface area contributed by atoms with Crippen LogP contribution in [0.2, 0.25) is 0 Å². The molecule has 3 rings (SSSR count). The average Bonchev–Trinajstić information content (AvgIpc) is 3.21. The summed E-state index contributed by atoms with van der Waals surface area (Å²) in [6, 6.07) is 10.2. The first-order valence-electron chi connectivity index (χ1n) is 8.82. The number of aromatic nitrogens is 4. The maximum Gasteiger partial charge on any atom is 0.142 e. The SMILES string of the molecule is CCc1c(-n2cccn2)cccc1C(CC)(CC)Oc1ccnnc1. The van der Waals surface area contributed by atoms with Gasteiger partial charge in [-0.3, -0.25) is 0 Å². The Hall–Kier alpha value is -2.69. The van der Waals surface area contributed by atoms with E-state index in [0.717, 1.165) is 30.7 Å². The second-order valence-corrected chi connectivity index (χ2v) is 5.99. The molecular weight excluding hydrogens is 312 g/mol. The van der Waals surface area contributed by atoms with Crippen LogP contribution >= 0.6 is 0 Å². The van der Waals surface area contributed by atoms with Crippen molar-refractivity contribution in [3.05, 3.63) is 66.2 Å². The number of ether oxygens (including phenoxy) is 1. The molecular formula is C20H24N4O. The predicted octanol–water partition coefficient (Wildman–Crippen LogP) is 4.32. The first kappa shape index (κ1) is 17.1. The standard InChI is InChI=1S/C20H24N4O/c1-4-17-18(9-7-10-19(17)24-14-8-12-23-24)20(5-2,6-3)25-16-11-13-21-22-15-16/h7-15H,4-6H2,1-3H3. The molecule has 0 N–H and O–H groups in total. The second kappa shape index (κ2) is 7.47. The molecule has 0 atom stereocenters. The first-order chi connectivity index (χ1) is 12.2. The lowest BCUT2D eigenvalue weighted by molar-refractivity contribution is 0.0558. The lowest BCUT2D eigenvalue weighted by Gasteiger charge is -2.35. The summed E-state index contributed by atoms with van der Waals surface area (Å²) < 4.78 is 8.39. The van der Waals surface area contributed by atoms with Gasteiger partial charge in [0.25, 0.3) is 0 Å². The van der Waals surface area contributed by atoms with Gasteiger partial charge in [-0.15, -0.1) is 0 Å². The van der Waals surface area contributed by atoms with Crippen molar-refractivity contribution in [2.24, 2.45) is 0 Å². The van der Waals surface area contributed by atoms with Crippen LogP contribution in [0.1, 0.15) is 44.7 Å². The van der Waals surface area contributed by atoms with Crippen LogP contribution in [0.3, 0.4) is 0 Å². The van der Waals surface area contributed by atoms with Crippen molar-refractivity contribution in [3.63, 3.8) is 0 Å². The third-order valence-electron chi connectivity index (χ3n) is 4.76. The smallest absolute Gasteiger partial charge is 0.142 e. The van der Waals surface area contributed by atoms with Gasteiger partial charge >= 0.3 is 0 Å². The van der Waals surface area contributed by atoms with Gasteiger partial charge in [0.15, 0.2) is 0 Å². The molecule has 5 nitrogen and oxygen atoms in total. The molecule has 130 valence electrons. The second-order valence-electron chi connectivity index (χ2n) is 5.99. The summed E-state index contributed by atoms with van der Waals surface area (Å²) >= 11 is 0. The van der Waals surface area contributed by atoms with Crippen molar-refractivity contribution in [1.29, 1.82) is 0 Å². The fourth-order valence-corrected chi connectivity index (χ4v) is 3.39. The molecule has 2 aromatic heterocycles. The molecule has 25 heavy (non-hydrogen) atoms. The normalized spacial score (nSPS) is 11.5. The predicted molar refractivity (Wildman–Crippen MR) is 97.9 cm³/mol. The zero-order valence-electron chi connectivity index (χ0n) is 15.0. The van der Waals surface area contributed by atoms with Crippen molar-refractivity contribution < 1.29 is 4.74 Å². The highest BCUT2D eigenvalue weighted by atomic mass is 16.5. The van der Waals surface area contributed by atoms with Gasteiger partial charge in [0.1, 0.15) is 11.4 Å². The molecule has 0 spiro atoms. The third kappa shape index (κ3) is 3.27. The summed E-state index contributed by atoms with van der Waals surface area (Å²) in [5.41, 5.74) is 3.17. The number of hydrogen-bond donors (Lipinski definition) is 0. The molecule has 0 bridgehead atoms. The molecule has 3 aromatic rings. The van der Waals surface area contributed by atoms with Crippen LogP contribution in [0.4, 0.5) is 0 Å². The van der Waals surface area contributed by atoms with E-state index in [-0.39, 0.29) is 0 Å². The zero-order chi connectivity index (χ0) is 17.7. The Morgan fingerprint density at radius 2 is 1.84 bits per heavy atom. The van der Waals surface area contributed by atoms with Gasteiger partial charge in [0, 0.05) is 24.0 Å². The fourth-order valence-electron chi connectivity index (χ4n) is 3.39. The molecule has 2 heterocycles. The van der Waals surface area contributed by atoms with Crippen LogP contribution in [0.5, 0.6) is 5.75 Å². The van der Waals surface area contributed by atoms with E-state index < -0.39 is 5.60 Å². The van der Waals surface area contributed by atoms with Crippen molar-refractivity contribution >= 4 is 0 Å². The van der Waals surface area contributed by atoms with Gasteiger partial charge in [-0.2, -0.15) is 15.3 Å². The van der Waals surface area contributed by atoms with Crippen LogP contribution in [0, 0.1) is 0 Å². The summed E-state index contributed by atoms with van der Waals surface area (Å²) in [5.74, 6) is 0.741. The molecule has 0 radical (unpaired) electrons. The van der Waals surface area contributed by atoms with Crippen LogP contribution in [-0.4, -0.2) is 20.0 Å². The minimum absolute atomic E-state index is 0.405. The highest BCUT2D eigenvalue weighted by Crippen LogP contribution is 2.38. The minimum atomic E-state index is -0.405. The van der Waals surface area contributed by atoms with E-state index in [0.29, 0.717) is 0 Å². The average molecular weight is 336 g/mol. The number of nitrogens with zero attached hydrogens (tertiary/aromatic N) is 4. The maximum atomic E-state index is 6.47. The summed E-state index contributed by atoms with van der Waals surface area (Å²) in [4.78, 5) is 0. The largest absolute Gasteiger partial charge is 0.481 e. The van der Waals surface area contributed by atoms with Gasteiger partial charge in [-0.25, -0.2) is 4.68 Å². The van der Waals surface area contributed by atoms with Crippen LogP contribution in [0.15, 0.2) is 55.1 Å². The highest BCUT2D eigenvalue weighted by molar-refractivity contribution is 5.48. The topological polar surface area (TPSA) is 52.8 Å². The van der Waals surface area contributed by atoms with Gasteiger partial charge in [-0.05, 0) is 37.0 Å². The van der Waals surface area contributed by atoms with Crippen LogP contribution < -0.4 is 4.74 Å². The van der Waals surface area contributed by atoms with Crippen molar-refractivity contribution in [1.82, 2.24) is 20.0 Å². The van der Waals surface area contributed by atoms with E-state index >= 15 is 0 Å². The van der Waals surface area contributed by atoms with Crippen molar-refractivity contribution in [2.45, 2.75) is 45.6 Å². The first-order valence-corrected chi connectivity index (χ1v) is 8.82. The Labute approximate surface area is 148 Å². The number of benzene rings is 1. The minimum Gasteiger partial charge on any atom is -0.481 e. The molecule has 0 fully saturated rings. The van der Waals surface area contributed by atoms with E-state index in [1.807, 2.05) is 23.0 Å². The Kier molecular flexibility index (Phi) is 5.12. The summed E-state index contributed by atoms with van der Waals surface area (Å²) in [6.45, 7) is 6.51. The maximum absolute atomic E-state index is 6.47. The van der Waals surface area contributed by atoms with Gasteiger partial charge in [0.2, 0.25) is 0 Å². The van der Waals surface area contributed by atoms with Crippen molar-refractivity contribution in [2.75, 3.05) is 0 Å². The van der Waals surface area contributed by atoms with E-state index in [1.54, 1.807) is 18.6 Å². The number of hydrogen-bond acceptors (Lipinski definition) is 4. The zero-order valence-corrected chi connectivity index (χ0v) is 15.0. The van der Waals surface area contributed by atoms with Gasteiger partial charge < -0.3 is 4.74 Å². The third-order valence-corrected chi connectivity index (χ3v) is 4.76. The van der Waals surface area contributed by atoms with Gasteiger partial charge in [0.05, 0.1) is 18.1 Å². The Morgan fingerprint density at radius 3 is 2.44 bits per heavy atom. The lowest BCUT2D eigenvalue weighted by Crippen LogP contribution is -2.33. The molecule has 0 aliphatic rings. The van der Waals surface area contributed by atoms with Crippen LogP contribution in [-0.2, 0) is 12.0 Å². The van der Waals surface area contributed by atoms with Crippen molar-refractivity contribution in [3.8, 4) is 11.4 Å². The molecule has 5 heteroatoms. The molecule has 0 aliphatic carbocycles. The molecule has 0 amide bonds. The van der Waals surface area contributed by atoms with E-state index in [9.17, 15) is 0 Å². The fraction of sp³-hybridized carbons (Fsp3) is 0.350. The van der Waals surface area contributed by atoms with Gasteiger partial charge in [-0.1, -0.05) is 32.9 Å². The quantitative estimate of drug-likeness (QED) is 0.645. The summed E-state index contributed by atoms with van der Waals surface area (Å²) in [6.07, 6.45) is 9.74. The Morgan fingerprint density at radius 1 is 1.00 bits per heavy atom. The van der Waals surface area contributed by atoms with E-state index in [2.05, 4.69) is 54.3 Å². The Bertz CT molecular complexity index is 796. The lowest BCUT2D eigenvalue weighted by atomic mass is 9.83. The molecule has 1 aromatic carbocycles. The molecule has 0 saturated heterocycles. The van der Waals surface area contributed by atoms with E-state index in [1.165, 1.54) is 11.1 Å². The Balaban J connectivity index is 2.12. The van der Waals surface area contributed by atoms with E-state index in [4.69, 9.17) is 4.74 Å². The molecule has 0 aliphatic heterocycles. The monoisotopic (exact) mass is 336 g/mol. The summed E-state index contributed by atoms with van der Waals surface area (Å²) in [7, 11) is 0. The van der Waals surface area contributed by atoms with Crippen LogP contribution in [0.25, 0.3) is 5.69 Å². The summed E-state index contributed by atoms with van der Waals surface area (Å²) in [5, 5.41) is 12.2. The highest BCUT2D eigenvalue weighted by Gasteiger charge is 2.34. The molecule has 0 unspecified atom stereocenters.